The third kappa shape index (κ3) is 2.71. The fourth-order valence-corrected chi connectivity index (χ4v) is 1.54. The molecule has 1 atom stereocenters. The molecule has 0 bridgehead atoms. The SMILES string of the molecule is CC(C)C(C)Oc1nnc(Br)s1. The Morgan fingerprint density at radius 1 is 1.33 bits per heavy atom. The molecule has 1 rings (SSSR count). The van der Waals surface area contributed by atoms with Crippen LogP contribution in [0.15, 0.2) is 3.92 Å². The first kappa shape index (κ1) is 9.92. The molecule has 3 nitrogen and oxygen atoms in total. The van der Waals surface area contributed by atoms with Crippen LogP contribution < -0.4 is 4.74 Å². The van der Waals surface area contributed by atoms with Crippen LogP contribution in [-0.2, 0) is 0 Å². The second-order valence-electron chi connectivity index (χ2n) is 2.89. The highest BCUT2D eigenvalue weighted by molar-refractivity contribution is 9.11. The Morgan fingerprint density at radius 3 is 2.42 bits per heavy atom. The molecule has 0 saturated heterocycles. The number of halogens is 1. The van der Waals surface area contributed by atoms with Crippen molar-refractivity contribution in [2.24, 2.45) is 5.92 Å². The molecule has 0 amide bonds. The van der Waals surface area contributed by atoms with Crippen molar-refractivity contribution in [1.29, 1.82) is 0 Å². The van der Waals surface area contributed by atoms with Gasteiger partial charge in [0.05, 0.1) is 0 Å². The van der Waals surface area contributed by atoms with E-state index < -0.39 is 0 Å². The van der Waals surface area contributed by atoms with Crippen molar-refractivity contribution in [2.45, 2.75) is 26.9 Å². The van der Waals surface area contributed by atoms with Crippen molar-refractivity contribution >= 4 is 27.3 Å². The summed E-state index contributed by atoms with van der Waals surface area (Å²) >= 11 is 4.63. The van der Waals surface area contributed by atoms with E-state index in [9.17, 15) is 0 Å². The second kappa shape index (κ2) is 4.18. The average Bonchev–Trinajstić information content (AvgIpc) is 2.35. The van der Waals surface area contributed by atoms with Gasteiger partial charge < -0.3 is 4.74 Å². The van der Waals surface area contributed by atoms with E-state index in [1.165, 1.54) is 11.3 Å². The lowest BCUT2D eigenvalue weighted by Gasteiger charge is -2.14. The molecule has 0 radical (unpaired) electrons. The first-order valence-electron chi connectivity index (χ1n) is 3.75. The van der Waals surface area contributed by atoms with Gasteiger partial charge in [-0.3, -0.25) is 0 Å². The maximum absolute atomic E-state index is 5.51. The van der Waals surface area contributed by atoms with E-state index in [0.29, 0.717) is 11.1 Å². The summed E-state index contributed by atoms with van der Waals surface area (Å²) in [4.78, 5) is 0. The first-order chi connectivity index (χ1) is 5.59. The average molecular weight is 251 g/mol. The highest BCUT2D eigenvalue weighted by Gasteiger charge is 2.11. The summed E-state index contributed by atoms with van der Waals surface area (Å²) in [7, 11) is 0. The van der Waals surface area contributed by atoms with E-state index in [-0.39, 0.29) is 6.10 Å². The van der Waals surface area contributed by atoms with Gasteiger partial charge in [0, 0.05) is 0 Å². The smallest absolute Gasteiger partial charge is 0.295 e. The van der Waals surface area contributed by atoms with Crippen LogP contribution >= 0.6 is 27.3 Å². The minimum absolute atomic E-state index is 0.185. The molecule has 68 valence electrons. The molecule has 1 unspecified atom stereocenters. The Kier molecular flexibility index (Phi) is 3.46. The van der Waals surface area contributed by atoms with Crippen LogP contribution in [0.4, 0.5) is 0 Å². The summed E-state index contributed by atoms with van der Waals surface area (Å²) < 4.78 is 6.27. The van der Waals surface area contributed by atoms with Crippen molar-refractivity contribution in [3.05, 3.63) is 3.92 Å². The zero-order valence-corrected chi connectivity index (χ0v) is 9.65. The molecule has 0 spiro atoms. The van der Waals surface area contributed by atoms with Gasteiger partial charge in [-0.2, -0.15) is 0 Å². The minimum Gasteiger partial charge on any atom is -0.466 e. The lowest BCUT2D eigenvalue weighted by molar-refractivity contribution is 0.168. The van der Waals surface area contributed by atoms with Crippen molar-refractivity contribution in [3.63, 3.8) is 0 Å². The molecular weight excluding hydrogens is 240 g/mol. The number of aromatic nitrogens is 2. The van der Waals surface area contributed by atoms with E-state index >= 15 is 0 Å². The molecule has 5 heteroatoms. The van der Waals surface area contributed by atoms with Gasteiger partial charge in [0.2, 0.25) is 0 Å². The Labute approximate surface area is 84.3 Å². The molecule has 12 heavy (non-hydrogen) atoms. The van der Waals surface area contributed by atoms with Gasteiger partial charge in [-0.05, 0) is 40.1 Å². The standard InChI is InChI=1S/C7H11BrN2OS/c1-4(2)5(3)11-7-10-9-6(8)12-7/h4-5H,1-3H3. The van der Waals surface area contributed by atoms with Crippen LogP contribution in [0.5, 0.6) is 5.19 Å². The normalized spacial score (nSPS) is 13.4. The Morgan fingerprint density at radius 2 is 2.00 bits per heavy atom. The Hall–Kier alpha value is -0.160. The molecule has 0 N–H and O–H groups in total. The lowest BCUT2D eigenvalue weighted by Crippen LogP contribution is -2.18. The summed E-state index contributed by atoms with van der Waals surface area (Å²) in [5, 5.41) is 8.25. The lowest BCUT2D eigenvalue weighted by atomic mass is 10.1. The van der Waals surface area contributed by atoms with Gasteiger partial charge in [-0.25, -0.2) is 0 Å². The maximum atomic E-state index is 5.51. The number of hydrogen-bond acceptors (Lipinski definition) is 4. The van der Waals surface area contributed by atoms with Gasteiger partial charge in [0.15, 0.2) is 3.92 Å². The van der Waals surface area contributed by atoms with Crippen LogP contribution in [0.25, 0.3) is 0 Å². The van der Waals surface area contributed by atoms with Crippen LogP contribution in [0.3, 0.4) is 0 Å². The predicted molar refractivity (Wildman–Crippen MR) is 52.5 cm³/mol. The van der Waals surface area contributed by atoms with Gasteiger partial charge in [-0.15, -0.1) is 5.10 Å². The second-order valence-corrected chi connectivity index (χ2v) is 5.10. The molecule has 0 fully saturated rings. The summed E-state index contributed by atoms with van der Waals surface area (Å²) in [6.07, 6.45) is 0.185. The number of hydrogen-bond donors (Lipinski definition) is 0. The molecule has 0 aliphatic carbocycles. The van der Waals surface area contributed by atoms with Crippen molar-refractivity contribution in [2.75, 3.05) is 0 Å². The molecule has 0 aliphatic heterocycles. The van der Waals surface area contributed by atoms with Gasteiger partial charge in [0.25, 0.3) is 5.19 Å². The molecular formula is C7H11BrN2OS. The highest BCUT2D eigenvalue weighted by atomic mass is 79.9. The van der Waals surface area contributed by atoms with E-state index in [2.05, 4.69) is 40.0 Å². The monoisotopic (exact) mass is 250 g/mol. The van der Waals surface area contributed by atoms with E-state index in [4.69, 9.17) is 4.74 Å². The fourth-order valence-electron chi connectivity index (χ4n) is 0.536. The highest BCUT2D eigenvalue weighted by Crippen LogP contribution is 2.24. The van der Waals surface area contributed by atoms with E-state index in [1.807, 2.05) is 6.92 Å². The Bertz CT molecular complexity index is 251. The van der Waals surface area contributed by atoms with Crippen molar-refractivity contribution in [1.82, 2.24) is 10.2 Å². The quantitative estimate of drug-likeness (QED) is 0.828. The number of rotatable bonds is 3. The zero-order chi connectivity index (χ0) is 9.14. The van der Waals surface area contributed by atoms with Crippen molar-refractivity contribution < 1.29 is 4.74 Å². The van der Waals surface area contributed by atoms with Crippen molar-refractivity contribution in [3.8, 4) is 5.19 Å². The summed E-state index contributed by atoms with van der Waals surface area (Å²) in [6, 6.07) is 0. The predicted octanol–water partition coefficient (Wildman–Crippen LogP) is 2.72. The Balaban J connectivity index is 2.52. The molecule has 1 aromatic rings. The molecule has 0 aromatic carbocycles. The first-order valence-corrected chi connectivity index (χ1v) is 5.36. The largest absolute Gasteiger partial charge is 0.466 e. The fraction of sp³-hybridized carbons (Fsp3) is 0.714. The third-order valence-electron chi connectivity index (χ3n) is 1.61. The molecule has 0 saturated carbocycles. The zero-order valence-electron chi connectivity index (χ0n) is 7.24. The molecule has 1 aromatic heterocycles. The van der Waals surface area contributed by atoms with Gasteiger partial charge in [0.1, 0.15) is 6.10 Å². The summed E-state index contributed by atoms with van der Waals surface area (Å²) in [6.45, 7) is 6.25. The summed E-state index contributed by atoms with van der Waals surface area (Å²) in [5.41, 5.74) is 0. The minimum atomic E-state index is 0.185. The van der Waals surface area contributed by atoms with E-state index in [0.717, 1.165) is 3.92 Å². The van der Waals surface area contributed by atoms with Gasteiger partial charge >= 0.3 is 0 Å². The van der Waals surface area contributed by atoms with Crippen LogP contribution in [0, 0.1) is 5.92 Å². The van der Waals surface area contributed by atoms with Gasteiger partial charge in [-0.1, -0.05) is 18.9 Å². The van der Waals surface area contributed by atoms with Crippen LogP contribution in [0.1, 0.15) is 20.8 Å². The molecule has 0 aliphatic rings. The summed E-state index contributed by atoms with van der Waals surface area (Å²) in [5.74, 6) is 0.493. The number of nitrogens with zero attached hydrogens (tertiary/aromatic N) is 2. The van der Waals surface area contributed by atoms with Crippen LogP contribution in [-0.4, -0.2) is 16.3 Å². The topological polar surface area (TPSA) is 35.0 Å². The number of ether oxygens (including phenoxy) is 1. The van der Waals surface area contributed by atoms with Crippen LogP contribution in [0.2, 0.25) is 0 Å². The molecule has 1 heterocycles. The van der Waals surface area contributed by atoms with E-state index in [1.54, 1.807) is 0 Å². The maximum Gasteiger partial charge on any atom is 0.295 e. The third-order valence-corrected chi connectivity index (χ3v) is 2.85.